The summed E-state index contributed by atoms with van der Waals surface area (Å²) in [6.45, 7) is 0.370. The summed E-state index contributed by atoms with van der Waals surface area (Å²) in [6, 6.07) is 6.22. The summed E-state index contributed by atoms with van der Waals surface area (Å²) in [6.07, 6.45) is 6.17. The van der Waals surface area contributed by atoms with Gasteiger partial charge >= 0.3 is 11.8 Å². The van der Waals surface area contributed by atoms with Gasteiger partial charge in [0.15, 0.2) is 5.82 Å². The molecule has 0 bridgehead atoms. The van der Waals surface area contributed by atoms with Crippen molar-refractivity contribution < 1.29 is 17.7 Å². The summed E-state index contributed by atoms with van der Waals surface area (Å²) in [4.78, 5) is 16.4. The second kappa shape index (κ2) is 7.96. The zero-order valence-electron chi connectivity index (χ0n) is 14.3. The van der Waals surface area contributed by atoms with Gasteiger partial charge in [0.2, 0.25) is 10.0 Å². The highest BCUT2D eigenvalue weighted by Crippen LogP contribution is 2.30. The van der Waals surface area contributed by atoms with Crippen LogP contribution in [0.1, 0.15) is 60.1 Å². The Morgan fingerprint density at radius 1 is 1.19 bits per heavy atom. The molecule has 0 atom stereocenters. The number of primary sulfonamides is 1. The molecule has 0 radical (unpaired) electrons. The van der Waals surface area contributed by atoms with Crippen molar-refractivity contribution in [2.75, 3.05) is 6.54 Å². The average molecular weight is 378 g/mol. The lowest BCUT2D eigenvalue weighted by Crippen LogP contribution is -2.26. The molecule has 1 aliphatic carbocycles. The standard InChI is InChI=1S/C17H22N4O4S/c18-26(23,24)14-8-6-12(7-9-14)10-11-19-16(22)17-20-15(21-25-17)13-4-2-1-3-5-13/h6-9,13H,1-5,10-11H2,(H,19,22)(H2,18,23,24). The Morgan fingerprint density at radius 3 is 2.54 bits per heavy atom. The van der Waals surface area contributed by atoms with Crippen LogP contribution < -0.4 is 10.5 Å². The molecular weight excluding hydrogens is 356 g/mol. The van der Waals surface area contributed by atoms with E-state index in [1.54, 1.807) is 12.1 Å². The Kier molecular flexibility index (Phi) is 5.67. The molecule has 0 aliphatic heterocycles. The van der Waals surface area contributed by atoms with Gasteiger partial charge < -0.3 is 9.84 Å². The maximum Gasteiger partial charge on any atom is 0.315 e. The van der Waals surface area contributed by atoms with Gasteiger partial charge in [-0.25, -0.2) is 13.6 Å². The Bertz CT molecular complexity index is 855. The van der Waals surface area contributed by atoms with Crippen molar-refractivity contribution in [2.45, 2.75) is 49.3 Å². The highest BCUT2D eigenvalue weighted by molar-refractivity contribution is 7.89. The second-order valence-electron chi connectivity index (χ2n) is 6.49. The van der Waals surface area contributed by atoms with Gasteiger partial charge in [0, 0.05) is 12.5 Å². The molecule has 1 saturated carbocycles. The minimum absolute atomic E-state index is 0.0184. The zero-order valence-corrected chi connectivity index (χ0v) is 15.2. The lowest BCUT2D eigenvalue weighted by molar-refractivity contribution is 0.0910. The summed E-state index contributed by atoms with van der Waals surface area (Å²) >= 11 is 0. The highest BCUT2D eigenvalue weighted by Gasteiger charge is 2.23. The summed E-state index contributed by atoms with van der Waals surface area (Å²) in [5.41, 5.74) is 0.881. The van der Waals surface area contributed by atoms with Crippen LogP contribution in [-0.4, -0.2) is 31.0 Å². The van der Waals surface area contributed by atoms with Crippen molar-refractivity contribution in [3.05, 3.63) is 41.5 Å². The van der Waals surface area contributed by atoms with Crippen LogP contribution in [-0.2, 0) is 16.4 Å². The van der Waals surface area contributed by atoms with Gasteiger partial charge in [-0.15, -0.1) is 0 Å². The summed E-state index contributed by atoms with van der Waals surface area (Å²) in [5.74, 6) is 0.482. The smallest absolute Gasteiger partial charge is 0.315 e. The maximum absolute atomic E-state index is 12.1. The minimum atomic E-state index is -3.69. The third-order valence-electron chi connectivity index (χ3n) is 4.56. The lowest BCUT2D eigenvalue weighted by Gasteiger charge is -2.17. The van der Waals surface area contributed by atoms with Gasteiger partial charge in [0.1, 0.15) is 0 Å². The molecule has 0 spiro atoms. The normalized spacial score (nSPS) is 15.7. The van der Waals surface area contributed by atoms with Crippen LogP contribution in [0.2, 0.25) is 0 Å². The third kappa shape index (κ3) is 4.67. The van der Waals surface area contributed by atoms with Crippen LogP contribution in [0.3, 0.4) is 0 Å². The average Bonchev–Trinajstić information content (AvgIpc) is 3.12. The summed E-state index contributed by atoms with van der Waals surface area (Å²) < 4.78 is 27.5. The van der Waals surface area contributed by atoms with Gasteiger partial charge in [0.05, 0.1) is 4.90 Å². The number of aromatic nitrogens is 2. The van der Waals surface area contributed by atoms with E-state index in [4.69, 9.17) is 9.66 Å². The molecule has 26 heavy (non-hydrogen) atoms. The van der Waals surface area contributed by atoms with E-state index in [1.165, 1.54) is 18.6 Å². The lowest BCUT2D eigenvalue weighted by atomic mass is 9.89. The molecule has 2 aromatic rings. The molecule has 3 rings (SSSR count). The van der Waals surface area contributed by atoms with E-state index >= 15 is 0 Å². The fourth-order valence-electron chi connectivity index (χ4n) is 3.10. The SMILES string of the molecule is NS(=O)(=O)c1ccc(CCNC(=O)c2nc(C3CCCCC3)no2)cc1. The number of hydrogen-bond donors (Lipinski definition) is 2. The van der Waals surface area contributed by atoms with Crippen LogP contribution in [0.4, 0.5) is 0 Å². The zero-order chi connectivity index (χ0) is 18.6. The number of amides is 1. The van der Waals surface area contributed by atoms with Crippen LogP contribution >= 0.6 is 0 Å². The van der Waals surface area contributed by atoms with E-state index in [1.807, 2.05) is 0 Å². The highest BCUT2D eigenvalue weighted by atomic mass is 32.2. The molecule has 8 nitrogen and oxygen atoms in total. The first kappa shape index (κ1) is 18.5. The molecular formula is C17H22N4O4S. The van der Waals surface area contributed by atoms with Gasteiger partial charge in [-0.3, -0.25) is 4.79 Å². The predicted octanol–water partition coefficient (Wildman–Crippen LogP) is 1.74. The topological polar surface area (TPSA) is 128 Å². The monoisotopic (exact) mass is 378 g/mol. The van der Waals surface area contributed by atoms with Crippen molar-refractivity contribution in [1.29, 1.82) is 0 Å². The molecule has 1 amide bonds. The largest absolute Gasteiger partial charge is 0.347 e. The number of nitrogens with one attached hydrogen (secondary N) is 1. The van der Waals surface area contributed by atoms with Gasteiger partial charge in [-0.2, -0.15) is 4.98 Å². The molecule has 1 aliphatic rings. The van der Waals surface area contributed by atoms with Crippen molar-refractivity contribution in [1.82, 2.24) is 15.5 Å². The molecule has 0 saturated heterocycles. The summed E-state index contributed by atoms with van der Waals surface area (Å²) in [7, 11) is -3.69. The van der Waals surface area contributed by atoms with E-state index in [0.717, 1.165) is 31.2 Å². The van der Waals surface area contributed by atoms with Crippen LogP contribution in [0.25, 0.3) is 0 Å². The first-order valence-electron chi connectivity index (χ1n) is 8.67. The number of benzene rings is 1. The van der Waals surface area contributed by atoms with Gasteiger partial charge in [-0.05, 0) is 37.0 Å². The molecule has 1 aromatic carbocycles. The number of nitrogens with zero attached hydrogens (tertiary/aromatic N) is 2. The maximum atomic E-state index is 12.1. The van der Waals surface area contributed by atoms with Crippen LogP contribution in [0, 0.1) is 0 Å². The fraction of sp³-hybridized carbons (Fsp3) is 0.471. The van der Waals surface area contributed by atoms with E-state index in [2.05, 4.69) is 15.5 Å². The number of carbonyl (C=O) groups excluding carboxylic acids is 1. The first-order valence-corrected chi connectivity index (χ1v) is 10.2. The molecule has 3 N–H and O–H groups in total. The quantitative estimate of drug-likeness (QED) is 0.788. The molecule has 1 heterocycles. The van der Waals surface area contributed by atoms with Crippen LogP contribution in [0.15, 0.2) is 33.7 Å². The molecule has 1 fully saturated rings. The molecule has 9 heteroatoms. The fourth-order valence-corrected chi connectivity index (χ4v) is 3.61. The van der Waals surface area contributed by atoms with Crippen molar-refractivity contribution in [3.8, 4) is 0 Å². The van der Waals surface area contributed by atoms with Crippen molar-refractivity contribution in [2.24, 2.45) is 5.14 Å². The molecule has 1 aromatic heterocycles. The molecule has 140 valence electrons. The summed E-state index contributed by atoms with van der Waals surface area (Å²) in [5, 5.41) is 11.7. The van der Waals surface area contributed by atoms with Crippen LogP contribution in [0.5, 0.6) is 0 Å². The number of rotatable bonds is 6. The van der Waals surface area contributed by atoms with E-state index in [9.17, 15) is 13.2 Å². The third-order valence-corrected chi connectivity index (χ3v) is 5.49. The van der Waals surface area contributed by atoms with Crippen molar-refractivity contribution in [3.63, 3.8) is 0 Å². The predicted molar refractivity (Wildman–Crippen MR) is 94.0 cm³/mol. The number of carbonyl (C=O) groups is 1. The van der Waals surface area contributed by atoms with E-state index < -0.39 is 15.9 Å². The molecule has 0 unspecified atom stereocenters. The Balaban J connectivity index is 1.50. The Labute approximate surface area is 152 Å². The number of nitrogens with two attached hydrogens (primary N) is 1. The Morgan fingerprint density at radius 2 is 1.88 bits per heavy atom. The Hall–Kier alpha value is -2.26. The minimum Gasteiger partial charge on any atom is -0.347 e. The van der Waals surface area contributed by atoms with E-state index in [0.29, 0.717) is 18.8 Å². The second-order valence-corrected chi connectivity index (χ2v) is 8.05. The van der Waals surface area contributed by atoms with Crippen molar-refractivity contribution >= 4 is 15.9 Å². The first-order chi connectivity index (χ1) is 12.4. The number of hydrogen-bond acceptors (Lipinski definition) is 6. The van der Waals surface area contributed by atoms with E-state index in [-0.39, 0.29) is 16.7 Å². The number of sulfonamides is 1. The van der Waals surface area contributed by atoms with Gasteiger partial charge in [0.25, 0.3) is 0 Å². The van der Waals surface area contributed by atoms with Gasteiger partial charge in [-0.1, -0.05) is 36.6 Å².